The van der Waals surface area contributed by atoms with Gasteiger partial charge in [0.2, 0.25) is 15.0 Å². The van der Waals surface area contributed by atoms with E-state index in [4.69, 9.17) is 23.2 Å². The third-order valence-corrected chi connectivity index (χ3v) is 3.41. The topological polar surface area (TPSA) is 72.0 Å². The van der Waals surface area contributed by atoms with Gasteiger partial charge in [-0.05, 0) is 24.3 Å². The Morgan fingerprint density at radius 1 is 1.11 bits per heavy atom. The molecule has 0 aliphatic heterocycles. The van der Waals surface area contributed by atoms with Crippen molar-refractivity contribution in [3.05, 3.63) is 40.5 Å². The van der Waals surface area contributed by atoms with Crippen LogP contribution in [0.5, 0.6) is 0 Å². The Bertz CT molecular complexity index is 702. The molecule has 0 aliphatic rings. The molecule has 0 unspecified atom stereocenters. The van der Waals surface area contributed by atoms with Gasteiger partial charge in [0, 0.05) is 23.0 Å². The molecule has 19 heavy (non-hydrogen) atoms. The minimum Gasteiger partial charge on any atom is -0.340 e. The Morgan fingerprint density at radius 3 is 2.32 bits per heavy atom. The smallest absolute Gasteiger partial charge is 0.250 e. The lowest BCUT2D eigenvalue weighted by Gasteiger charge is -2.07. The van der Waals surface area contributed by atoms with Crippen molar-refractivity contribution in [2.45, 2.75) is 5.16 Å². The molecule has 0 aliphatic carbocycles. The van der Waals surface area contributed by atoms with Gasteiger partial charge in [0.1, 0.15) is 11.0 Å². The molecule has 0 amide bonds. The average Bonchev–Trinajstić information content (AvgIpc) is 2.30. The molecular formula is C11H9Cl2N3O2S. The summed E-state index contributed by atoms with van der Waals surface area (Å²) in [5.41, 5.74) is 0.707. The van der Waals surface area contributed by atoms with Gasteiger partial charge in [-0.15, -0.1) is 0 Å². The van der Waals surface area contributed by atoms with Crippen molar-refractivity contribution in [3.8, 4) is 0 Å². The summed E-state index contributed by atoms with van der Waals surface area (Å²) in [6.07, 6.45) is 1.02. The average molecular weight is 318 g/mol. The molecule has 5 nitrogen and oxygen atoms in total. The van der Waals surface area contributed by atoms with Gasteiger partial charge < -0.3 is 5.32 Å². The highest BCUT2D eigenvalue weighted by Gasteiger charge is 2.13. The number of sulfone groups is 1. The molecule has 0 spiro atoms. The molecule has 0 atom stereocenters. The molecule has 0 fully saturated rings. The van der Waals surface area contributed by atoms with Crippen LogP contribution in [0.3, 0.4) is 0 Å². The van der Waals surface area contributed by atoms with Crippen molar-refractivity contribution in [2.75, 3.05) is 11.6 Å². The first kappa shape index (κ1) is 14.0. The van der Waals surface area contributed by atoms with E-state index in [1.807, 2.05) is 0 Å². The van der Waals surface area contributed by atoms with Gasteiger partial charge in [-0.25, -0.2) is 18.4 Å². The number of hydrogen-bond acceptors (Lipinski definition) is 5. The number of nitrogens with one attached hydrogen (secondary N) is 1. The van der Waals surface area contributed by atoms with Gasteiger partial charge in [0.05, 0.1) is 0 Å². The van der Waals surface area contributed by atoms with E-state index >= 15 is 0 Å². The SMILES string of the molecule is CS(=O)(=O)c1nc(Cl)cc(Nc2ccc(Cl)cc2)n1. The van der Waals surface area contributed by atoms with Crippen molar-refractivity contribution < 1.29 is 8.42 Å². The Kier molecular flexibility index (Phi) is 3.93. The molecular weight excluding hydrogens is 309 g/mol. The standard InChI is InChI=1S/C11H9Cl2N3O2S/c1-19(17,18)11-15-9(13)6-10(16-11)14-8-4-2-7(12)3-5-8/h2-6H,1H3,(H,14,15,16). The Hall–Kier alpha value is -1.37. The minimum absolute atomic E-state index is 0.0480. The Labute approximate surface area is 120 Å². The van der Waals surface area contributed by atoms with E-state index in [0.717, 1.165) is 6.26 Å². The number of benzene rings is 1. The summed E-state index contributed by atoms with van der Waals surface area (Å²) in [4.78, 5) is 7.56. The van der Waals surface area contributed by atoms with Crippen LogP contribution in [0.25, 0.3) is 0 Å². The molecule has 100 valence electrons. The van der Waals surface area contributed by atoms with Crippen LogP contribution in [0.4, 0.5) is 11.5 Å². The van der Waals surface area contributed by atoms with Crippen LogP contribution >= 0.6 is 23.2 Å². The van der Waals surface area contributed by atoms with Gasteiger partial charge in [-0.1, -0.05) is 23.2 Å². The number of anilines is 2. The second-order valence-electron chi connectivity index (χ2n) is 3.76. The van der Waals surface area contributed by atoms with Gasteiger partial charge in [-0.3, -0.25) is 0 Å². The third-order valence-electron chi connectivity index (χ3n) is 2.12. The predicted octanol–water partition coefficient (Wildman–Crippen LogP) is 2.93. The fourth-order valence-electron chi connectivity index (χ4n) is 1.31. The Morgan fingerprint density at radius 2 is 1.74 bits per heavy atom. The zero-order valence-electron chi connectivity index (χ0n) is 9.76. The maximum absolute atomic E-state index is 11.4. The van der Waals surface area contributed by atoms with E-state index in [9.17, 15) is 8.42 Å². The van der Waals surface area contributed by atoms with Crippen LogP contribution in [-0.4, -0.2) is 24.6 Å². The summed E-state index contributed by atoms with van der Waals surface area (Å²) < 4.78 is 22.8. The summed E-state index contributed by atoms with van der Waals surface area (Å²) in [6.45, 7) is 0. The van der Waals surface area contributed by atoms with Crippen molar-refractivity contribution >= 4 is 44.5 Å². The molecule has 1 aromatic heterocycles. The number of halogens is 2. The van der Waals surface area contributed by atoms with Crippen molar-refractivity contribution in [3.63, 3.8) is 0 Å². The maximum Gasteiger partial charge on any atom is 0.250 e. The van der Waals surface area contributed by atoms with Crippen LogP contribution in [0, 0.1) is 0 Å². The van der Waals surface area contributed by atoms with E-state index in [2.05, 4.69) is 15.3 Å². The van der Waals surface area contributed by atoms with Crippen LogP contribution < -0.4 is 5.32 Å². The zero-order chi connectivity index (χ0) is 14.0. The normalized spacial score (nSPS) is 11.3. The fraction of sp³-hybridized carbons (Fsp3) is 0.0909. The number of hydrogen-bond donors (Lipinski definition) is 1. The van der Waals surface area contributed by atoms with Crippen molar-refractivity contribution in [2.24, 2.45) is 0 Å². The monoisotopic (exact) mass is 317 g/mol. The first-order valence-electron chi connectivity index (χ1n) is 5.12. The van der Waals surface area contributed by atoms with Crippen molar-refractivity contribution in [1.29, 1.82) is 0 Å². The molecule has 0 saturated carbocycles. The molecule has 0 saturated heterocycles. The summed E-state index contributed by atoms with van der Waals surface area (Å²) >= 11 is 11.5. The molecule has 1 N–H and O–H groups in total. The van der Waals surface area contributed by atoms with E-state index in [-0.39, 0.29) is 10.3 Å². The van der Waals surface area contributed by atoms with Crippen LogP contribution in [-0.2, 0) is 9.84 Å². The molecule has 1 aromatic carbocycles. The molecule has 2 aromatic rings. The minimum atomic E-state index is -3.51. The highest BCUT2D eigenvalue weighted by atomic mass is 35.5. The van der Waals surface area contributed by atoms with E-state index in [1.54, 1.807) is 24.3 Å². The van der Waals surface area contributed by atoms with E-state index in [0.29, 0.717) is 16.5 Å². The second-order valence-corrected chi connectivity index (χ2v) is 6.50. The number of nitrogens with zero attached hydrogens (tertiary/aromatic N) is 2. The van der Waals surface area contributed by atoms with Crippen molar-refractivity contribution in [1.82, 2.24) is 9.97 Å². The summed E-state index contributed by atoms with van der Waals surface area (Å²) in [5.74, 6) is 0.294. The summed E-state index contributed by atoms with van der Waals surface area (Å²) in [7, 11) is -3.51. The zero-order valence-corrected chi connectivity index (χ0v) is 12.1. The molecule has 8 heteroatoms. The van der Waals surface area contributed by atoms with Gasteiger partial charge in [0.25, 0.3) is 0 Å². The molecule has 0 radical (unpaired) electrons. The highest BCUT2D eigenvalue weighted by molar-refractivity contribution is 7.90. The third kappa shape index (κ3) is 3.79. The fourth-order valence-corrected chi connectivity index (χ4v) is 2.20. The molecule has 2 rings (SSSR count). The lowest BCUT2D eigenvalue weighted by atomic mass is 10.3. The van der Waals surface area contributed by atoms with Gasteiger partial charge >= 0.3 is 0 Å². The molecule has 0 bridgehead atoms. The molecule has 1 heterocycles. The van der Waals surface area contributed by atoms with Gasteiger partial charge in [0.15, 0.2) is 0 Å². The van der Waals surface area contributed by atoms with Crippen LogP contribution in [0.1, 0.15) is 0 Å². The van der Waals surface area contributed by atoms with Gasteiger partial charge in [-0.2, -0.15) is 0 Å². The lowest BCUT2D eigenvalue weighted by Crippen LogP contribution is -2.06. The first-order chi connectivity index (χ1) is 8.84. The van der Waals surface area contributed by atoms with E-state index in [1.165, 1.54) is 6.07 Å². The summed E-state index contributed by atoms with van der Waals surface area (Å²) in [5, 5.41) is 3.25. The predicted molar refractivity (Wildman–Crippen MR) is 74.9 cm³/mol. The number of aromatic nitrogens is 2. The Balaban J connectivity index is 2.35. The largest absolute Gasteiger partial charge is 0.340 e. The second kappa shape index (κ2) is 5.32. The quantitative estimate of drug-likeness (QED) is 0.696. The highest BCUT2D eigenvalue weighted by Crippen LogP contribution is 2.20. The maximum atomic E-state index is 11.4. The summed E-state index contributed by atoms with van der Waals surface area (Å²) in [6, 6.07) is 8.30. The lowest BCUT2D eigenvalue weighted by molar-refractivity contribution is 0.593. The van der Waals surface area contributed by atoms with E-state index < -0.39 is 9.84 Å². The van der Waals surface area contributed by atoms with Crippen LogP contribution in [0.15, 0.2) is 35.5 Å². The van der Waals surface area contributed by atoms with Crippen LogP contribution in [0.2, 0.25) is 10.2 Å². The first-order valence-corrected chi connectivity index (χ1v) is 7.76. The number of rotatable bonds is 3.